The van der Waals surface area contributed by atoms with E-state index in [0.717, 1.165) is 5.56 Å². The average molecular weight is 241 g/mol. The lowest BCUT2D eigenvalue weighted by Crippen LogP contribution is -1.99. The molecule has 0 bridgehead atoms. The molecule has 0 N–H and O–H groups in total. The van der Waals surface area contributed by atoms with Crippen LogP contribution >= 0.6 is 0 Å². The van der Waals surface area contributed by atoms with Crippen molar-refractivity contribution in [3.8, 4) is 11.5 Å². The molecule has 0 atom stereocenters. The first-order valence-electron chi connectivity index (χ1n) is 5.53. The molecule has 0 spiro atoms. The van der Waals surface area contributed by atoms with E-state index in [4.69, 9.17) is 4.42 Å². The maximum absolute atomic E-state index is 5.57. The van der Waals surface area contributed by atoms with E-state index in [9.17, 15) is 0 Å². The molecule has 1 aromatic carbocycles. The van der Waals surface area contributed by atoms with Crippen LogP contribution in [0.25, 0.3) is 11.5 Å². The number of hydrogen-bond donors (Lipinski definition) is 0. The quantitative estimate of drug-likeness (QED) is 0.697. The highest BCUT2D eigenvalue weighted by molar-refractivity contribution is 5.52. The highest BCUT2D eigenvalue weighted by atomic mass is 16.4. The first kappa shape index (κ1) is 10.6. The number of hydrogen-bond acceptors (Lipinski definition) is 5. The van der Waals surface area contributed by atoms with E-state index in [-0.39, 0.29) is 0 Å². The fourth-order valence-corrected chi connectivity index (χ4v) is 1.58. The van der Waals surface area contributed by atoms with Crippen LogP contribution in [0.5, 0.6) is 0 Å². The van der Waals surface area contributed by atoms with Crippen molar-refractivity contribution in [3.05, 3.63) is 48.4 Å². The van der Waals surface area contributed by atoms with Crippen molar-refractivity contribution < 1.29 is 4.42 Å². The molecule has 2 heterocycles. The van der Waals surface area contributed by atoms with Gasteiger partial charge in [0.2, 0.25) is 11.8 Å². The van der Waals surface area contributed by atoms with Gasteiger partial charge in [-0.25, -0.2) is 9.67 Å². The summed E-state index contributed by atoms with van der Waals surface area (Å²) in [7, 11) is 0. The van der Waals surface area contributed by atoms with Gasteiger partial charge in [-0.3, -0.25) is 0 Å². The standard InChI is InChI=1S/C12H11N5O/c1-9-2-4-10(5-3-9)12-16-15-11(18-12)6-17-8-13-7-14-17/h2-5,7-8H,6H2,1H3. The molecule has 0 aliphatic rings. The SMILES string of the molecule is Cc1ccc(-c2nnc(Cn3cncn3)o2)cc1. The third-order valence-electron chi connectivity index (χ3n) is 2.53. The zero-order valence-corrected chi connectivity index (χ0v) is 9.82. The summed E-state index contributed by atoms with van der Waals surface area (Å²) in [4.78, 5) is 3.86. The zero-order chi connectivity index (χ0) is 12.4. The van der Waals surface area contributed by atoms with Crippen molar-refractivity contribution in [2.75, 3.05) is 0 Å². The molecule has 3 rings (SSSR count). The van der Waals surface area contributed by atoms with Gasteiger partial charge in [-0.2, -0.15) is 5.10 Å². The van der Waals surface area contributed by atoms with Crippen LogP contribution in [-0.4, -0.2) is 25.0 Å². The molecule has 3 aromatic rings. The van der Waals surface area contributed by atoms with Crippen molar-refractivity contribution in [2.24, 2.45) is 0 Å². The van der Waals surface area contributed by atoms with Gasteiger partial charge in [0.25, 0.3) is 0 Å². The Labute approximate surface area is 103 Å². The Morgan fingerprint density at radius 3 is 2.72 bits per heavy atom. The number of aryl methyl sites for hydroxylation is 1. The van der Waals surface area contributed by atoms with Crippen molar-refractivity contribution in [3.63, 3.8) is 0 Å². The fourth-order valence-electron chi connectivity index (χ4n) is 1.58. The molecule has 18 heavy (non-hydrogen) atoms. The normalized spacial score (nSPS) is 10.7. The van der Waals surface area contributed by atoms with E-state index in [0.29, 0.717) is 18.3 Å². The highest BCUT2D eigenvalue weighted by Gasteiger charge is 2.08. The summed E-state index contributed by atoms with van der Waals surface area (Å²) < 4.78 is 7.20. The van der Waals surface area contributed by atoms with Gasteiger partial charge >= 0.3 is 0 Å². The largest absolute Gasteiger partial charge is 0.419 e. The Morgan fingerprint density at radius 1 is 1.17 bits per heavy atom. The van der Waals surface area contributed by atoms with Crippen molar-refractivity contribution >= 4 is 0 Å². The Balaban J connectivity index is 1.83. The van der Waals surface area contributed by atoms with Gasteiger partial charge in [0.1, 0.15) is 19.2 Å². The minimum atomic E-state index is 0.429. The fraction of sp³-hybridized carbons (Fsp3) is 0.167. The maximum atomic E-state index is 5.57. The summed E-state index contributed by atoms with van der Waals surface area (Å²) in [5, 5.41) is 12.0. The molecule has 0 unspecified atom stereocenters. The number of benzene rings is 1. The van der Waals surface area contributed by atoms with Crippen LogP contribution in [-0.2, 0) is 6.54 Å². The van der Waals surface area contributed by atoms with Gasteiger partial charge < -0.3 is 4.42 Å². The summed E-state index contributed by atoms with van der Waals surface area (Å²) in [5.41, 5.74) is 2.11. The lowest BCUT2D eigenvalue weighted by molar-refractivity contribution is 0.473. The molecule has 0 saturated carbocycles. The third-order valence-corrected chi connectivity index (χ3v) is 2.53. The molecular weight excluding hydrogens is 230 g/mol. The molecule has 90 valence electrons. The second-order valence-electron chi connectivity index (χ2n) is 3.96. The predicted molar refractivity (Wildman–Crippen MR) is 63.6 cm³/mol. The summed E-state index contributed by atoms with van der Waals surface area (Å²) in [6.45, 7) is 2.46. The molecule has 0 radical (unpaired) electrons. The molecule has 6 nitrogen and oxygen atoms in total. The van der Waals surface area contributed by atoms with Crippen molar-refractivity contribution in [2.45, 2.75) is 13.5 Å². The van der Waals surface area contributed by atoms with Gasteiger partial charge in [0.15, 0.2) is 0 Å². The summed E-state index contributed by atoms with van der Waals surface area (Å²) >= 11 is 0. The van der Waals surface area contributed by atoms with Crippen LogP contribution < -0.4 is 0 Å². The Morgan fingerprint density at radius 2 is 2.00 bits per heavy atom. The predicted octanol–water partition coefficient (Wildman–Crippen LogP) is 1.68. The van der Waals surface area contributed by atoms with Gasteiger partial charge in [0.05, 0.1) is 0 Å². The number of aromatic nitrogens is 5. The molecule has 2 aromatic heterocycles. The Kier molecular flexibility index (Phi) is 2.60. The van der Waals surface area contributed by atoms with Gasteiger partial charge in [0, 0.05) is 5.56 Å². The highest BCUT2D eigenvalue weighted by Crippen LogP contribution is 2.18. The molecule has 0 aliphatic carbocycles. The summed E-state index contributed by atoms with van der Waals surface area (Å²) in [5.74, 6) is 1.03. The Hall–Kier alpha value is -2.50. The van der Waals surface area contributed by atoms with Crippen molar-refractivity contribution in [1.29, 1.82) is 0 Å². The van der Waals surface area contributed by atoms with Crippen LogP contribution in [0.1, 0.15) is 11.5 Å². The minimum absolute atomic E-state index is 0.429. The van der Waals surface area contributed by atoms with E-state index in [2.05, 4.69) is 20.3 Å². The van der Waals surface area contributed by atoms with E-state index < -0.39 is 0 Å². The van der Waals surface area contributed by atoms with Crippen LogP contribution in [0.2, 0.25) is 0 Å². The summed E-state index contributed by atoms with van der Waals surface area (Å²) in [6, 6.07) is 7.94. The van der Waals surface area contributed by atoms with Gasteiger partial charge in [-0.1, -0.05) is 17.7 Å². The molecule has 0 aliphatic heterocycles. The number of nitrogens with zero attached hydrogens (tertiary/aromatic N) is 5. The summed E-state index contributed by atoms with van der Waals surface area (Å²) in [6.07, 6.45) is 3.08. The van der Waals surface area contributed by atoms with E-state index in [1.54, 1.807) is 11.0 Å². The van der Waals surface area contributed by atoms with E-state index in [1.807, 2.05) is 31.2 Å². The van der Waals surface area contributed by atoms with Gasteiger partial charge in [-0.05, 0) is 19.1 Å². The van der Waals surface area contributed by atoms with Crippen LogP contribution in [0.4, 0.5) is 0 Å². The molecule has 0 amide bonds. The van der Waals surface area contributed by atoms with Crippen LogP contribution in [0.15, 0.2) is 41.3 Å². The lowest BCUT2D eigenvalue weighted by atomic mass is 10.1. The third kappa shape index (κ3) is 2.13. The molecule has 6 heteroatoms. The minimum Gasteiger partial charge on any atom is -0.419 e. The van der Waals surface area contributed by atoms with Crippen molar-refractivity contribution in [1.82, 2.24) is 25.0 Å². The van der Waals surface area contributed by atoms with Gasteiger partial charge in [-0.15, -0.1) is 10.2 Å². The first-order valence-corrected chi connectivity index (χ1v) is 5.53. The Bertz CT molecular complexity index is 627. The van der Waals surface area contributed by atoms with Crippen LogP contribution in [0, 0.1) is 6.92 Å². The van der Waals surface area contributed by atoms with E-state index >= 15 is 0 Å². The monoisotopic (exact) mass is 241 g/mol. The molecular formula is C12H11N5O. The zero-order valence-electron chi connectivity index (χ0n) is 9.82. The lowest BCUT2D eigenvalue weighted by Gasteiger charge is -1.96. The number of rotatable bonds is 3. The first-order chi connectivity index (χ1) is 8.81. The van der Waals surface area contributed by atoms with E-state index in [1.165, 1.54) is 11.9 Å². The maximum Gasteiger partial charge on any atom is 0.247 e. The second-order valence-corrected chi connectivity index (χ2v) is 3.96. The second kappa shape index (κ2) is 4.40. The molecule has 0 fully saturated rings. The smallest absolute Gasteiger partial charge is 0.247 e. The van der Waals surface area contributed by atoms with Crippen LogP contribution in [0.3, 0.4) is 0 Å². The topological polar surface area (TPSA) is 69.6 Å². The average Bonchev–Trinajstić information content (AvgIpc) is 3.02. The molecule has 0 saturated heterocycles.